The molecule has 0 bridgehead atoms. The number of rotatable bonds is 13. The molecule has 0 heterocycles. The van der Waals surface area contributed by atoms with Crippen LogP contribution in [0.5, 0.6) is 0 Å². The molecule has 4 heteroatoms. The molecule has 162 valence electrons. The summed E-state index contributed by atoms with van der Waals surface area (Å²) in [6, 6.07) is 29.6. The van der Waals surface area contributed by atoms with Crippen LogP contribution in [-0.4, -0.2) is 30.0 Å². The normalized spacial score (nSPS) is 14.0. The number of ether oxygens (including phenoxy) is 3. The minimum absolute atomic E-state index is 0.132. The van der Waals surface area contributed by atoms with Crippen LogP contribution < -0.4 is 0 Å². The van der Waals surface area contributed by atoms with E-state index in [2.05, 4.69) is 6.58 Å². The molecule has 0 radical (unpaired) electrons. The summed E-state index contributed by atoms with van der Waals surface area (Å²) in [5.74, 6) is 0. The highest BCUT2D eigenvalue weighted by atomic mass is 16.6. The van der Waals surface area contributed by atoms with Crippen LogP contribution in [0.15, 0.2) is 104 Å². The van der Waals surface area contributed by atoms with Gasteiger partial charge in [-0.1, -0.05) is 97.1 Å². The summed E-state index contributed by atoms with van der Waals surface area (Å²) in [6.07, 6.45) is -0.290. The third-order valence-electron chi connectivity index (χ3n) is 4.91. The van der Waals surface area contributed by atoms with Gasteiger partial charge in [-0.15, -0.1) is 6.58 Å². The van der Waals surface area contributed by atoms with Gasteiger partial charge in [0.25, 0.3) is 0 Å². The fraction of sp³-hybridized carbons (Fsp3) is 0.259. The second kappa shape index (κ2) is 12.8. The Bertz CT molecular complexity index is 868. The molecule has 0 saturated heterocycles. The summed E-state index contributed by atoms with van der Waals surface area (Å²) >= 11 is 0. The van der Waals surface area contributed by atoms with E-state index in [1.54, 1.807) is 6.08 Å². The van der Waals surface area contributed by atoms with Crippen molar-refractivity contribution in [2.45, 2.75) is 38.1 Å². The first kappa shape index (κ1) is 22.9. The Hall–Kier alpha value is -2.76. The highest BCUT2D eigenvalue weighted by molar-refractivity contribution is 5.15. The summed E-state index contributed by atoms with van der Waals surface area (Å²) in [6.45, 7) is 5.22. The van der Waals surface area contributed by atoms with Gasteiger partial charge in [0.1, 0.15) is 18.3 Å². The monoisotopic (exact) mass is 418 g/mol. The standard InChI is InChI=1S/C27H30O4/c1-2-26(30-19-23-14-8-4-9-15-23)27(31-20-24-16-10-5-11-17-24)25(28)21-29-18-22-12-6-3-7-13-22/h2-17,25-28H,1,18-21H2/t25-,26+,27+/m1/s1. The first-order chi connectivity index (χ1) is 15.3. The van der Waals surface area contributed by atoms with E-state index in [0.29, 0.717) is 19.8 Å². The molecule has 31 heavy (non-hydrogen) atoms. The first-order valence-corrected chi connectivity index (χ1v) is 10.5. The van der Waals surface area contributed by atoms with Crippen molar-refractivity contribution in [3.8, 4) is 0 Å². The Morgan fingerprint density at radius 2 is 1.13 bits per heavy atom. The molecule has 0 aliphatic carbocycles. The van der Waals surface area contributed by atoms with Crippen molar-refractivity contribution in [3.05, 3.63) is 120 Å². The summed E-state index contributed by atoms with van der Waals surface area (Å²) in [5, 5.41) is 10.9. The molecule has 0 aromatic heterocycles. The number of benzene rings is 3. The third kappa shape index (κ3) is 7.78. The highest BCUT2D eigenvalue weighted by Gasteiger charge is 2.28. The molecule has 0 saturated carbocycles. The molecule has 3 aromatic carbocycles. The average molecular weight is 419 g/mol. The lowest BCUT2D eigenvalue weighted by Gasteiger charge is -2.29. The molecule has 4 nitrogen and oxygen atoms in total. The lowest BCUT2D eigenvalue weighted by Crippen LogP contribution is -2.42. The second-order valence-electron chi connectivity index (χ2n) is 7.33. The Morgan fingerprint density at radius 1 is 0.677 bits per heavy atom. The maximum atomic E-state index is 10.9. The van der Waals surface area contributed by atoms with E-state index in [1.807, 2.05) is 91.0 Å². The highest BCUT2D eigenvalue weighted by Crippen LogP contribution is 2.17. The minimum atomic E-state index is -0.869. The van der Waals surface area contributed by atoms with Gasteiger partial charge in [0.2, 0.25) is 0 Å². The van der Waals surface area contributed by atoms with Gasteiger partial charge >= 0.3 is 0 Å². The molecule has 0 unspecified atom stereocenters. The van der Waals surface area contributed by atoms with Gasteiger partial charge in [-0.25, -0.2) is 0 Å². The molecule has 0 aliphatic heterocycles. The van der Waals surface area contributed by atoms with E-state index >= 15 is 0 Å². The average Bonchev–Trinajstić information content (AvgIpc) is 2.83. The Morgan fingerprint density at radius 3 is 1.61 bits per heavy atom. The van der Waals surface area contributed by atoms with Crippen molar-refractivity contribution in [2.75, 3.05) is 6.61 Å². The molecule has 3 atom stereocenters. The molecule has 0 amide bonds. The van der Waals surface area contributed by atoms with Gasteiger partial charge in [-0.2, -0.15) is 0 Å². The Labute approximate surface area is 184 Å². The lowest BCUT2D eigenvalue weighted by atomic mass is 10.1. The van der Waals surface area contributed by atoms with Gasteiger partial charge in [0, 0.05) is 0 Å². The number of aliphatic hydroxyl groups is 1. The molecule has 3 aromatic rings. The van der Waals surface area contributed by atoms with E-state index < -0.39 is 18.3 Å². The summed E-state index contributed by atoms with van der Waals surface area (Å²) in [4.78, 5) is 0. The van der Waals surface area contributed by atoms with Crippen LogP contribution in [-0.2, 0) is 34.0 Å². The first-order valence-electron chi connectivity index (χ1n) is 10.5. The maximum Gasteiger partial charge on any atom is 0.116 e. The Kier molecular flexibility index (Phi) is 9.48. The zero-order chi connectivity index (χ0) is 21.7. The van der Waals surface area contributed by atoms with Crippen molar-refractivity contribution in [2.24, 2.45) is 0 Å². The molecular formula is C27H30O4. The van der Waals surface area contributed by atoms with Crippen molar-refractivity contribution >= 4 is 0 Å². The van der Waals surface area contributed by atoms with Crippen LogP contribution in [0.4, 0.5) is 0 Å². The van der Waals surface area contributed by atoms with E-state index in [4.69, 9.17) is 14.2 Å². The van der Waals surface area contributed by atoms with Crippen molar-refractivity contribution < 1.29 is 19.3 Å². The Balaban J connectivity index is 1.62. The zero-order valence-electron chi connectivity index (χ0n) is 17.7. The number of hydrogen-bond donors (Lipinski definition) is 1. The lowest BCUT2D eigenvalue weighted by molar-refractivity contribution is -0.133. The third-order valence-corrected chi connectivity index (χ3v) is 4.91. The van der Waals surface area contributed by atoms with Crippen LogP contribution in [0, 0.1) is 0 Å². The predicted molar refractivity (Wildman–Crippen MR) is 122 cm³/mol. The fourth-order valence-corrected chi connectivity index (χ4v) is 3.22. The van der Waals surface area contributed by atoms with Crippen LogP contribution in [0.3, 0.4) is 0 Å². The van der Waals surface area contributed by atoms with Gasteiger partial charge in [0.15, 0.2) is 0 Å². The number of hydrogen-bond acceptors (Lipinski definition) is 4. The van der Waals surface area contributed by atoms with Crippen LogP contribution in [0.25, 0.3) is 0 Å². The quantitative estimate of drug-likeness (QED) is 0.400. The fourth-order valence-electron chi connectivity index (χ4n) is 3.22. The van der Waals surface area contributed by atoms with E-state index in [1.165, 1.54) is 0 Å². The summed E-state index contributed by atoms with van der Waals surface area (Å²) < 4.78 is 17.9. The van der Waals surface area contributed by atoms with Gasteiger partial charge < -0.3 is 19.3 Å². The number of aliphatic hydroxyl groups excluding tert-OH is 1. The smallest absolute Gasteiger partial charge is 0.116 e. The van der Waals surface area contributed by atoms with E-state index in [-0.39, 0.29) is 6.61 Å². The van der Waals surface area contributed by atoms with Crippen LogP contribution in [0.2, 0.25) is 0 Å². The predicted octanol–water partition coefficient (Wildman–Crippen LogP) is 4.92. The summed E-state index contributed by atoms with van der Waals surface area (Å²) in [5.41, 5.74) is 3.12. The largest absolute Gasteiger partial charge is 0.388 e. The molecule has 1 N–H and O–H groups in total. The van der Waals surface area contributed by atoms with Crippen LogP contribution >= 0.6 is 0 Å². The molecule has 0 aliphatic rings. The van der Waals surface area contributed by atoms with Crippen molar-refractivity contribution in [3.63, 3.8) is 0 Å². The van der Waals surface area contributed by atoms with E-state index in [0.717, 1.165) is 16.7 Å². The van der Waals surface area contributed by atoms with E-state index in [9.17, 15) is 5.11 Å². The second-order valence-corrected chi connectivity index (χ2v) is 7.33. The van der Waals surface area contributed by atoms with Gasteiger partial charge in [-0.3, -0.25) is 0 Å². The summed E-state index contributed by atoms with van der Waals surface area (Å²) in [7, 11) is 0. The molecular weight excluding hydrogens is 388 g/mol. The van der Waals surface area contributed by atoms with Gasteiger partial charge in [-0.05, 0) is 16.7 Å². The molecule has 0 fully saturated rings. The van der Waals surface area contributed by atoms with Crippen molar-refractivity contribution in [1.29, 1.82) is 0 Å². The zero-order valence-corrected chi connectivity index (χ0v) is 17.7. The molecule has 3 rings (SSSR count). The SMILES string of the molecule is C=C[C@H](OCc1ccccc1)[C@@H](OCc1ccccc1)[C@H](O)COCc1ccccc1. The minimum Gasteiger partial charge on any atom is -0.388 e. The van der Waals surface area contributed by atoms with Crippen molar-refractivity contribution in [1.82, 2.24) is 0 Å². The van der Waals surface area contributed by atoms with Gasteiger partial charge in [0.05, 0.1) is 26.4 Å². The molecule has 0 spiro atoms. The topological polar surface area (TPSA) is 47.9 Å². The van der Waals surface area contributed by atoms with Crippen LogP contribution in [0.1, 0.15) is 16.7 Å². The maximum absolute atomic E-state index is 10.9.